The van der Waals surface area contributed by atoms with Crippen LogP contribution in [0.15, 0.2) is 30.3 Å². The first-order chi connectivity index (χ1) is 6.70. The predicted molar refractivity (Wildman–Crippen MR) is 72.7 cm³/mol. The van der Waals surface area contributed by atoms with Crippen molar-refractivity contribution >= 4 is 80.6 Å². The number of hydrogen-bond donors (Lipinski definition) is 2. The second-order valence-corrected chi connectivity index (χ2v) is 3.42. The van der Waals surface area contributed by atoms with Crippen LogP contribution in [0.5, 0.6) is 0 Å². The van der Waals surface area contributed by atoms with Gasteiger partial charge in [-0.2, -0.15) is 0 Å². The molecule has 2 nitrogen and oxygen atoms in total. The van der Waals surface area contributed by atoms with E-state index in [1.54, 1.807) is 0 Å². The molecule has 0 aliphatic heterocycles. The van der Waals surface area contributed by atoms with Crippen LogP contribution in [-0.4, -0.2) is 67.5 Å². The number of benzene rings is 1. The van der Waals surface area contributed by atoms with Crippen molar-refractivity contribution in [2.24, 2.45) is 0 Å². The van der Waals surface area contributed by atoms with Crippen molar-refractivity contribution in [3.63, 3.8) is 0 Å². The second-order valence-electron chi connectivity index (χ2n) is 2.34. The SMILES string of the molecule is CCOC(=S)S.OCc1ccccc1.[KH]. The quantitative estimate of drug-likeness (QED) is 0.488. The molecule has 0 heterocycles. The number of aliphatic hydroxyl groups is 1. The van der Waals surface area contributed by atoms with Crippen molar-refractivity contribution in [1.82, 2.24) is 0 Å². The van der Waals surface area contributed by atoms with Crippen LogP contribution in [0.2, 0.25) is 0 Å². The molecular formula is C10H15KO2S2. The molecule has 1 aromatic carbocycles. The average Bonchev–Trinajstić information content (AvgIpc) is 2.20. The van der Waals surface area contributed by atoms with Gasteiger partial charge in [-0.1, -0.05) is 43.0 Å². The third-order valence-corrected chi connectivity index (χ3v) is 1.54. The van der Waals surface area contributed by atoms with E-state index in [-0.39, 0.29) is 58.0 Å². The topological polar surface area (TPSA) is 29.5 Å². The van der Waals surface area contributed by atoms with Gasteiger partial charge in [-0.05, 0) is 24.7 Å². The molecule has 1 rings (SSSR count). The van der Waals surface area contributed by atoms with Gasteiger partial charge >= 0.3 is 51.4 Å². The van der Waals surface area contributed by atoms with Crippen LogP contribution in [0.4, 0.5) is 0 Å². The van der Waals surface area contributed by atoms with Gasteiger partial charge in [-0.3, -0.25) is 0 Å². The van der Waals surface area contributed by atoms with E-state index in [1.807, 2.05) is 37.3 Å². The molecule has 1 N–H and O–H groups in total. The minimum absolute atomic E-state index is 0. The number of thiol groups is 1. The maximum atomic E-state index is 8.54. The maximum absolute atomic E-state index is 8.54. The summed E-state index contributed by atoms with van der Waals surface area (Å²) in [5.74, 6) is 0. The van der Waals surface area contributed by atoms with Crippen LogP contribution in [0.3, 0.4) is 0 Å². The van der Waals surface area contributed by atoms with Crippen LogP contribution in [0, 0.1) is 0 Å². The molecule has 0 amide bonds. The molecule has 0 fully saturated rings. The summed E-state index contributed by atoms with van der Waals surface area (Å²) < 4.78 is 4.95. The van der Waals surface area contributed by atoms with Crippen LogP contribution in [0.25, 0.3) is 0 Å². The zero-order valence-corrected chi connectivity index (χ0v) is 9.72. The van der Waals surface area contributed by atoms with Crippen LogP contribution in [0.1, 0.15) is 12.5 Å². The molecule has 0 aliphatic rings. The van der Waals surface area contributed by atoms with Crippen molar-refractivity contribution in [1.29, 1.82) is 0 Å². The van der Waals surface area contributed by atoms with E-state index < -0.39 is 0 Å². The standard InChI is InChI=1S/C7H8O.C3H6OS2.K.H/c8-6-7-4-2-1-3-5-7;1-2-4-3(5)6;;/h1-5,8H,6H2;2H2,1H3,(H,5,6);;. The van der Waals surface area contributed by atoms with E-state index >= 15 is 0 Å². The van der Waals surface area contributed by atoms with Crippen LogP contribution >= 0.6 is 24.8 Å². The van der Waals surface area contributed by atoms with Gasteiger partial charge in [-0.25, -0.2) is 0 Å². The second kappa shape index (κ2) is 13.1. The first-order valence-electron chi connectivity index (χ1n) is 4.21. The summed E-state index contributed by atoms with van der Waals surface area (Å²) >= 11 is 8.12. The fourth-order valence-corrected chi connectivity index (χ4v) is 0.954. The monoisotopic (exact) mass is 270 g/mol. The predicted octanol–water partition coefficient (Wildman–Crippen LogP) is 1.77. The summed E-state index contributed by atoms with van der Waals surface area (Å²) in [6, 6.07) is 9.52. The van der Waals surface area contributed by atoms with Gasteiger partial charge in [0.05, 0.1) is 13.2 Å². The van der Waals surface area contributed by atoms with Gasteiger partial charge in [0.25, 0.3) is 0 Å². The molecule has 0 radical (unpaired) electrons. The van der Waals surface area contributed by atoms with Gasteiger partial charge in [0.2, 0.25) is 4.38 Å². The number of thiocarbonyl (C=S) groups is 1. The summed E-state index contributed by atoms with van der Waals surface area (Å²) in [5.41, 5.74) is 0.965. The molecule has 5 heteroatoms. The Bertz CT molecular complexity index is 255. The summed E-state index contributed by atoms with van der Waals surface area (Å²) in [6.45, 7) is 2.62. The fourth-order valence-electron chi connectivity index (χ4n) is 0.707. The Morgan fingerprint density at radius 3 is 2.13 bits per heavy atom. The summed E-state index contributed by atoms with van der Waals surface area (Å²) in [4.78, 5) is 0. The molecule has 1 aromatic rings. The fraction of sp³-hybridized carbons (Fsp3) is 0.300. The Balaban J connectivity index is 0. The first-order valence-corrected chi connectivity index (χ1v) is 5.06. The molecule has 0 spiro atoms. The van der Waals surface area contributed by atoms with Gasteiger partial charge in [0.15, 0.2) is 0 Å². The molecular weight excluding hydrogens is 255 g/mol. The van der Waals surface area contributed by atoms with Gasteiger partial charge in [-0.15, -0.1) is 0 Å². The van der Waals surface area contributed by atoms with Crippen LogP contribution in [-0.2, 0) is 11.3 Å². The number of aliphatic hydroxyl groups excluding tert-OH is 1. The van der Waals surface area contributed by atoms with E-state index in [2.05, 4.69) is 29.6 Å². The number of ether oxygens (including phenoxy) is 1. The Kier molecular flexibility index (Phi) is 16.1. The molecule has 15 heavy (non-hydrogen) atoms. The van der Waals surface area contributed by atoms with Crippen molar-refractivity contribution in [2.45, 2.75) is 13.5 Å². The van der Waals surface area contributed by atoms with Gasteiger partial charge in [0.1, 0.15) is 0 Å². The van der Waals surface area contributed by atoms with Gasteiger partial charge in [0, 0.05) is 0 Å². The number of rotatable bonds is 2. The first kappa shape index (κ1) is 18.4. The summed E-state index contributed by atoms with van der Waals surface area (Å²) in [7, 11) is 0. The molecule has 0 unspecified atom stereocenters. The van der Waals surface area contributed by atoms with Gasteiger partial charge < -0.3 is 9.84 Å². The van der Waals surface area contributed by atoms with E-state index in [1.165, 1.54) is 0 Å². The number of hydrogen-bond acceptors (Lipinski definition) is 3. The Morgan fingerprint density at radius 2 is 1.93 bits per heavy atom. The third kappa shape index (κ3) is 13.0. The van der Waals surface area contributed by atoms with E-state index in [0.29, 0.717) is 11.0 Å². The molecule has 80 valence electrons. The zero-order valence-electron chi connectivity index (χ0n) is 8.01. The molecule has 0 bridgehead atoms. The molecule has 0 aliphatic carbocycles. The molecule has 0 saturated heterocycles. The van der Waals surface area contributed by atoms with Crippen LogP contribution < -0.4 is 0 Å². The minimum atomic E-state index is 0. The van der Waals surface area contributed by atoms with E-state index in [0.717, 1.165) is 5.56 Å². The third-order valence-electron chi connectivity index (χ3n) is 1.29. The summed E-state index contributed by atoms with van der Waals surface area (Å²) in [6.07, 6.45) is 0. The Hall–Kier alpha value is 1.06. The van der Waals surface area contributed by atoms with Crippen molar-refractivity contribution in [3.05, 3.63) is 35.9 Å². The average molecular weight is 270 g/mol. The molecule has 0 atom stereocenters. The Labute approximate surface area is 144 Å². The molecule has 0 saturated carbocycles. The normalized spacial score (nSPS) is 7.93. The molecule has 0 aromatic heterocycles. The van der Waals surface area contributed by atoms with E-state index in [4.69, 9.17) is 5.11 Å². The van der Waals surface area contributed by atoms with Crippen molar-refractivity contribution < 1.29 is 9.84 Å². The van der Waals surface area contributed by atoms with E-state index in [9.17, 15) is 0 Å². The van der Waals surface area contributed by atoms with Crippen molar-refractivity contribution in [2.75, 3.05) is 6.61 Å². The zero-order chi connectivity index (χ0) is 10.8. The van der Waals surface area contributed by atoms with Crippen molar-refractivity contribution in [3.8, 4) is 0 Å². The summed E-state index contributed by atoms with van der Waals surface area (Å²) in [5, 5.41) is 8.54. The Morgan fingerprint density at radius 1 is 1.40 bits per heavy atom.